The van der Waals surface area contributed by atoms with Crippen molar-refractivity contribution in [3.05, 3.63) is 48.3 Å². The van der Waals surface area contributed by atoms with Gasteiger partial charge in [-0.25, -0.2) is 0 Å². The molecule has 2 aromatic rings. The van der Waals surface area contributed by atoms with Crippen molar-refractivity contribution >= 4 is 23.4 Å². The predicted octanol–water partition coefficient (Wildman–Crippen LogP) is 3.79. The van der Waals surface area contributed by atoms with Crippen molar-refractivity contribution in [3.8, 4) is 0 Å². The van der Waals surface area contributed by atoms with E-state index in [1.807, 2.05) is 30.3 Å². The summed E-state index contributed by atoms with van der Waals surface area (Å²) in [7, 11) is 0. The minimum absolute atomic E-state index is 0.0396. The summed E-state index contributed by atoms with van der Waals surface area (Å²) < 4.78 is 2.07. The molecule has 7 heteroatoms. The number of hydrogen-bond donors (Lipinski definition) is 1. The maximum atomic E-state index is 12.3. The number of nitrogens with zero attached hydrogens (tertiary/aromatic N) is 4. The Morgan fingerprint density at radius 3 is 2.66 bits per heavy atom. The van der Waals surface area contributed by atoms with E-state index in [1.54, 1.807) is 0 Å². The normalized spacial score (nSPS) is 14.7. The third-order valence-corrected chi connectivity index (χ3v) is 6.15. The number of likely N-dealkylation sites (tertiary alicyclic amines) is 1. The first-order valence-electron chi connectivity index (χ1n) is 10.5. The molecule has 1 fully saturated rings. The zero-order chi connectivity index (χ0) is 20.5. The van der Waals surface area contributed by atoms with Crippen LogP contribution >= 0.6 is 11.8 Å². The van der Waals surface area contributed by atoms with E-state index in [1.165, 1.54) is 49.7 Å². The monoisotopic (exact) mass is 413 g/mol. The van der Waals surface area contributed by atoms with Crippen LogP contribution in [0.25, 0.3) is 0 Å². The lowest BCUT2D eigenvalue weighted by molar-refractivity contribution is -0.113. The number of thioether (sulfide) groups is 1. The topological polar surface area (TPSA) is 63.1 Å². The zero-order valence-electron chi connectivity index (χ0n) is 17.3. The van der Waals surface area contributed by atoms with E-state index < -0.39 is 0 Å². The molecule has 2 heterocycles. The summed E-state index contributed by atoms with van der Waals surface area (Å²) in [5, 5.41) is 12.4. The number of allylic oxidation sites excluding steroid dienone is 1. The molecule has 1 saturated heterocycles. The summed E-state index contributed by atoms with van der Waals surface area (Å²) in [4.78, 5) is 14.8. The molecule has 1 aromatic heterocycles. The van der Waals surface area contributed by atoms with E-state index in [4.69, 9.17) is 0 Å². The summed E-state index contributed by atoms with van der Waals surface area (Å²) in [6, 6.07) is 7.97. The number of carbonyl (C=O) groups is 1. The van der Waals surface area contributed by atoms with Crippen molar-refractivity contribution in [2.45, 2.75) is 50.7 Å². The quantitative estimate of drug-likeness (QED) is 0.474. The van der Waals surface area contributed by atoms with E-state index in [2.05, 4.69) is 38.5 Å². The molecule has 1 aliphatic heterocycles. The minimum atomic E-state index is -0.0396. The molecule has 29 heavy (non-hydrogen) atoms. The highest BCUT2D eigenvalue weighted by Crippen LogP contribution is 2.19. The summed E-state index contributed by atoms with van der Waals surface area (Å²) in [5.74, 6) is 1.23. The smallest absolute Gasteiger partial charge is 0.234 e. The molecule has 0 saturated carbocycles. The third-order valence-electron chi connectivity index (χ3n) is 5.18. The Labute approximate surface area is 177 Å². The van der Waals surface area contributed by atoms with Gasteiger partial charge in [0, 0.05) is 25.2 Å². The number of aromatic nitrogens is 3. The van der Waals surface area contributed by atoms with Gasteiger partial charge in [-0.05, 0) is 50.0 Å². The van der Waals surface area contributed by atoms with E-state index >= 15 is 0 Å². The number of nitrogens with one attached hydrogen (secondary N) is 1. The first kappa shape index (κ1) is 21.6. The summed E-state index contributed by atoms with van der Waals surface area (Å²) in [6.07, 6.45) is 7.63. The van der Waals surface area contributed by atoms with Gasteiger partial charge in [0.05, 0.1) is 5.75 Å². The number of benzene rings is 1. The Kier molecular flexibility index (Phi) is 8.31. The Hall–Kier alpha value is -2.12. The van der Waals surface area contributed by atoms with Crippen molar-refractivity contribution in [3.63, 3.8) is 0 Å². The second-order valence-corrected chi connectivity index (χ2v) is 8.28. The molecular weight excluding hydrogens is 382 g/mol. The van der Waals surface area contributed by atoms with Crippen molar-refractivity contribution < 1.29 is 4.79 Å². The van der Waals surface area contributed by atoms with Crippen LogP contribution in [-0.4, -0.2) is 51.0 Å². The third kappa shape index (κ3) is 6.44. The predicted molar refractivity (Wildman–Crippen MR) is 119 cm³/mol. The van der Waals surface area contributed by atoms with Gasteiger partial charge in [0.15, 0.2) is 5.16 Å². The Bertz CT molecular complexity index is 796. The fourth-order valence-corrected chi connectivity index (χ4v) is 4.28. The van der Waals surface area contributed by atoms with Gasteiger partial charge in [-0.1, -0.05) is 43.3 Å². The van der Waals surface area contributed by atoms with E-state index in [0.29, 0.717) is 12.3 Å². The summed E-state index contributed by atoms with van der Waals surface area (Å²) in [5.41, 5.74) is 2.08. The van der Waals surface area contributed by atoms with Gasteiger partial charge < -0.3 is 14.8 Å². The lowest BCUT2D eigenvalue weighted by Crippen LogP contribution is -2.32. The van der Waals surface area contributed by atoms with Crippen LogP contribution in [0.5, 0.6) is 0 Å². The number of rotatable bonds is 10. The number of carbonyl (C=O) groups excluding carboxylic acids is 1. The van der Waals surface area contributed by atoms with Crippen molar-refractivity contribution in [2.24, 2.45) is 0 Å². The van der Waals surface area contributed by atoms with Crippen LogP contribution in [0, 0.1) is 0 Å². The number of aryl methyl sites for hydroxylation is 1. The zero-order valence-corrected chi connectivity index (χ0v) is 18.1. The minimum Gasteiger partial charge on any atom is -0.325 e. The molecule has 0 atom stereocenters. The van der Waals surface area contributed by atoms with Gasteiger partial charge in [-0.3, -0.25) is 4.79 Å². The van der Waals surface area contributed by atoms with Gasteiger partial charge in [-0.15, -0.1) is 16.8 Å². The number of amides is 1. The van der Waals surface area contributed by atoms with Crippen LogP contribution in [0.15, 0.2) is 42.1 Å². The van der Waals surface area contributed by atoms with Gasteiger partial charge in [0.2, 0.25) is 5.91 Å². The van der Waals surface area contributed by atoms with Gasteiger partial charge in [-0.2, -0.15) is 0 Å². The molecule has 156 valence electrons. The largest absolute Gasteiger partial charge is 0.325 e. The average molecular weight is 414 g/mol. The maximum Gasteiger partial charge on any atom is 0.234 e. The molecular formula is C22H31N5OS. The molecule has 0 bridgehead atoms. The fourth-order valence-electron chi connectivity index (χ4n) is 3.52. The van der Waals surface area contributed by atoms with E-state index in [0.717, 1.165) is 36.1 Å². The molecule has 1 amide bonds. The lowest BCUT2D eigenvalue weighted by atomic mass is 10.1. The van der Waals surface area contributed by atoms with E-state index in [9.17, 15) is 4.79 Å². The van der Waals surface area contributed by atoms with Crippen LogP contribution in [-0.2, 0) is 24.2 Å². The lowest BCUT2D eigenvalue weighted by Gasteiger charge is -2.26. The first-order valence-corrected chi connectivity index (χ1v) is 11.4. The Morgan fingerprint density at radius 2 is 1.97 bits per heavy atom. The van der Waals surface area contributed by atoms with Gasteiger partial charge in [0.25, 0.3) is 0 Å². The highest BCUT2D eigenvalue weighted by Gasteiger charge is 2.16. The summed E-state index contributed by atoms with van der Waals surface area (Å²) >= 11 is 1.42. The fraction of sp³-hybridized carbons (Fsp3) is 0.500. The highest BCUT2D eigenvalue weighted by molar-refractivity contribution is 7.99. The van der Waals surface area contributed by atoms with Crippen LogP contribution in [0.4, 0.5) is 5.69 Å². The molecule has 0 unspecified atom stereocenters. The first-order chi connectivity index (χ1) is 14.2. The maximum absolute atomic E-state index is 12.3. The van der Waals surface area contributed by atoms with Gasteiger partial charge in [0.1, 0.15) is 5.82 Å². The Balaban J connectivity index is 1.54. The molecule has 1 aliphatic rings. The number of anilines is 1. The van der Waals surface area contributed by atoms with Crippen LogP contribution < -0.4 is 5.32 Å². The molecule has 3 rings (SSSR count). The molecule has 0 spiro atoms. The molecule has 6 nitrogen and oxygen atoms in total. The Morgan fingerprint density at radius 1 is 1.21 bits per heavy atom. The van der Waals surface area contributed by atoms with Crippen molar-refractivity contribution in [1.29, 1.82) is 0 Å². The SMILES string of the molecule is C=CCn1c(CCN2CCCCC2)nnc1SCC(=O)Nc1ccc(CC)cc1. The number of hydrogen-bond acceptors (Lipinski definition) is 5. The van der Waals surface area contributed by atoms with Gasteiger partial charge >= 0.3 is 0 Å². The molecule has 0 aliphatic carbocycles. The van der Waals surface area contributed by atoms with Crippen LogP contribution in [0.2, 0.25) is 0 Å². The van der Waals surface area contributed by atoms with Crippen molar-refractivity contribution in [1.82, 2.24) is 19.7 Å². The summed E-state index contributed by atoms with van der Waals surface area (Å²) in [6.45, 7) is 9.99. The molecule has 1 N–H and O–H groups in total. The van der Waals surface area contributed by atoms with Crippen LogP contribution in [0.3, 0.4) is 0 Å². The second kappa shape index (κ2) is 11.2. The van der Waals surface area contributed by atoms with E-state index in [-0.39, 0.29) is 5.91 Å². The molecule has 0 radical (unpaired) electrons. The highest BCUT2D eigenvalue weighted by atomic mass is 32.2. The number of piperidine rings is 1. The van der Waals surface area contributed by atoms with Crippen LogP contribution in [0.1, 0.15) is 37.6 Å². The second-order valence-electron chi connectivity index (χ2n) is 7.34. The standard InChI is InChI=1S/C22H31N5OS/c1-3-13-27-20(12-16-26-14-6-5-7-15-26)24-25-22(27)29-17-21(28)23-19-10-8-18(4-2)9-11-19/h3,8-11H,1,4-7,12-17H2,2H3,(H,23,28). The van der Waals surface area contributed by atoms with Crippen molar-refractivity contribution in [2.75, 3.05) is 30.7 Å². The average Bonchev–Trinajstić information content (AvgIpc) is 3.14. The molecule has 1 aromatic carbocycles.